The van der Waals surface area contributed by atoms with Gasteiger partial charge in [-0.05, 0) is 42.8 Å². The zero-order valence-corrected chi connectivity index (χ0v) is 18.0. The Kier molecular flexibility index (Phi) is 6.84. The summed E-state index contributed by atoms with van der Waals surface area (Å²) in [5, 5.41) is 9.57. The summed E-state index contributed by atoms with van der Waals surface area (Å²) in [6.07, 6.45) is 0. The van der Waals surface area contributed by atoms with Gasteiger partial charge in [0, 0.05) is 12.1 Å². The highest BCUT2D eigenvalue weighted by atomic mass is 16.7. The number of nitrogens with one attached hydrogen (secondary N) is 2. The van der Waals surface area contributed by atoms with Gasteiger partial charge in [0.15, 0.2) is 18.1 Å². The fourth-order valence-corrected chi connectivity index (χ4v) is 3.21. The lowest BCUT2D eigenvalue weighted by atomic mass is 10.1. The number of fused-ring (bicyclic) bond motifs is 1. The molecule has 8 nitrogen and oxygen atoms in total. The second-order valence-electron chi connectivity index (χ2n) is 7.28. The second kappa shape index (κ2) is 10.3. The van der Waals surface area contributed by atoms with Crippen molar-refractivity contribution in [2.45, 2.75) is 13.5 Å². The molecule has 8 heteroatoms. The van der Waals surface area contributed by atoms with Gasteiger partial charge in [0.2, 0.25) is 6.79 Å². The molecule has 0 spiro atoms. The first-order chi connectivity index (χ1) is 16.1. The maximum absolute atomic E-state index is 12.6. The third-order valence-electron chi connectivity index (χ3n) is 4.93. The van der Waals surface area contributed by atoms with Crippen LogP contribution in [-0.2, 0) is 16.2 Å². The summed E-state index contributed by atoms with van der Waals surface area (Å²) >= 11 is 0. The lowest BCUT2D eigenvalue weighted by Gasteiger charge is -2.11. The van der Waals surface area contributed by atoms with Crippen LogP contribution in [0.5, 0.6) is 11.5 Å². The van der Waals surface area contributed by atoms with Crippen LogP contribution in [0, 0.1) is 0 Å². The van der Waals surface area contributed by atoms with Gasteiger partial charge in [-0.2, -0.15) is 0 Å². The van der Waals surface area contributed by atoms with Crippen molar-refractivity contribution in [3.63, 3.8) is 0 Å². The Hall–Kier alpha value is -4.33. The van der Waals surface area contributed by atoms with Crippen LogP contribution in [0.15, 0.2) is 78.0 Å². The van der Waals surface area contributed by atoms with Crippen LogP contribution in [0.4, 0.5) is 5.69 Å². The number of nitrogens with zero attached hydrogens (tertiary/aromatic N) is 1. The van der Waals surface area contributed by atoms with Gasteiger partial charge in [0.25, 0.3) is 11.8 Å². The van der Waals surface area contributed by atoms with Crippen LogP contribution in [0.1, 0.15) is 28.4 Å². The van der Waals surface area contributed by atoms with E-state index in [0.717, 1.165) is 11.1 Å². The van der Waals surface area contributed by atoms with Gasteiger partial charge < -0.3 is 24.9 Å². The largest absolute Gasteiger partial charge is 0.454 e. The lowest BCUT2D eigenvalue weighted by molar-refractivity contribution is -0.120. The number of hydrogen-bond acceptors (Lipinski definition) is 6. The van der Waals surface area contributed by atoms with Crippen molar-refractivity contribution in [1.29, 1.82) is 0 Å². The minimum Gasteiger partial charge on any atom is -0.454 e. The molecule has 0 bridgehead atoms. The standard InChI is InChI=1S/C25H23N3O5/c1-17(19-11-12-22-23(13-19)32-16-31-22)28-33-15-24(29)27-21-10-6-5-9-20(21)25(30)26-14-18-7-3-2-4-8-18/h2-13H,14-16H2,1H3,(H,26,30)(H,27,29)/b28-17+. The monoisotopic (exact) mass is 445 g/mol. The summed E-state index contributed by atoms with van der Waals surface area (Å²) in [6.45, 7) is 2.04. The maximum Gasteiger partial charge on any atom is 0.265 e. The molecule has 0 aliphatic carbocycles. The average Bonchev–Trinajstić information content (AvgIpc) is 3.31. The van der Waals surface area contributed by atoms with E-state index in [9.17, 15) is 9.59 Å². The predicted molar refractivity (Wildman–Crippen MR) is 123 cm³/mol. The predicted octanol–water partition coefficient (Wildman–Crippen LogP) is 3.72. The molecule has 1 heterocycles. The van der Waals surface area contributed by atoms with Crippen molar-refractivity contribution in [2.24, 2.45) is 5.16 Å². The molecule has 3 aromatic rings. The van der Waals surface area contributed by atoms with Crippen LogP contribution >= 0.6 is 0 Å². The number of para-hydroxylation sites is 1. The van der Waals surface area contributed by atoms with Gasteiger partial charge in [0.05, 0.1) is 17.0 Å². The normalized spacial score (nSPS) is 12.2. The van der Waals surface area contributed by atoms with E-state index in [-0.39, 0.29) is 19.3 Å². The number of carbonyl (C=O) groups is 2. The lowest BCUT2D eigenvalue weighted by Crippen LogP contribution is -2.25. The van der Waals surface area contributed by atoms with Crippen molar-refractivity contribution < 1.29 is 23.9 Å². The minimum absolute atomic E-state index is 0.192. The molecule has 33 heavy (non-hydrogen) atoms. The molecule has 0 fully saturated rings. The van der Waals surface area contributed by atoms with Crippen molar-refractivity contribution in [1.82, 2.24) is 5.32 Å². The first-order valence-corrected chi connectivity index (χ1v) is 10.4. The third kappa shape index (κ3) is 5.68. The summed E-state index contributed by atoms with van der Waals surface area (Å²) in [4.78, 5) is 30.2. The van der Waals surface area contributed by atoms with Crippen molar-refractivity contribution in [3.8, 4) is 11.5 Å². The van der Waals surface area contributed by atoms with E-state index in [1.54, 1.807) is 43.3 Å². The fourth-order valence-electron chi connectivity index (χ4n) is 3.21. The Morgan fingerprint density at radius 1 is 0.970 bits per heavy atom. The molecule has 0 saturated heterocycles. The molecule has 1 aliphatic rings. The zero-order valence-electron chi connectivity index (χ0n) is 18.0. The fraction of sp³-hybridized carbons (Fsp3) is 0.160. The Morgan fingerprint density at radius 2 is 1.73 bits per heavy atom. The van der Waals surface area contributed by atoms with E-state index < -0.39 is 5.91 Å². The smallest absolute Gasteiger partial charge is 0.265 e. The number of ether oxygens (including phenoxy) is 2. The molecular weight excluding hydrogens is 422 g/mol. The molecule has 2 N–H and O–H groups in total. The van der Waals surface area contributed by atoms with E-state index in [2.05, 4.69) is 15.8 Å². The Morgan fingerprint density at radius 3 is 2.58 bits per heavy atom. The molecule has 168 valence electrons. The molecule has 0 unspecified atom stereocenters. The molecule has 0 saturated carbocycles. The molecule has 1 aliphatic heterocycles. The molecular formula is C25H23N3O5. The van der Waals surface area contributed by atoms with Crippen LogP contribution in [0.3, 0.4) is 0 Å². The highest BCUT2D eigenvalue weighted by molar-refractivity contribution is 6.04. The van der Waals surface area contributed by atoms with Crippen molar-refractivity contribution >= 4 is 23.2 Å². The molecule has 3 aromatic carbocycles. The Balaban J connectivity index is 1.32. The number of rotatable bonds is 8. The van der Waals surface area contributed by atoms with E-state index in [1.807, 2.05) is 36.4 Å². The minimum atomic E-state index is -0.430. The van der Waals surface area contributed by atoms with Gasteiger partial charge >= 0.3 is 0 Å². The number of hydrogen-bond donors (Lipinski definition) is 2. The number of benzene rings is 3. The van der Waals surface area contributed by atoms with E-state index in [0.29, 0.717) is 35.0 Å². The number of oxime groups is 1. The van der Waals surface area contributed by atoms with E-state index in [4.69, 9.17) is 14.3 Å². The van der Waals surface area contributed by atoms with Crippen LogP contribution in [0.25, 0.3) is 0 Å². The summed E-state index contributed by atoms with van der Waals surface area (Å²) in [5.41, 5.74) is 3.12. The number of carbonyl (C=O) groups excluding carboxylic acids is 2. The van der Waals surface area contributed by atoms with Crippen molar-refractivity contribution in [2.75, 3.05) is 18.7 Å². The quantitative estimate of drug-likeness (QED) is 0.407. The molecule has 0 aromatic heterocycles. The summed E-state index contributed by atoms with van der Waals surface area (Å²) in [5.74, 6) is 0.605. The van der Waals surface area contributed by atoms with E-state index >= 15 is 0 Å². The van der Waals surface area contributed by atoms with Crippen LogP contribution < -0.4 is 20.1 Å². The van der Waals surface area contributed by atoms with Crippen molar-refractivity contribution in [3.05, 3.63) is 89.5 Å². The highest BCUT2D eigenvalue weighted by Gasteiger charge is 2.15. The molecule has 4 rings (SSSR count). The third-order valence-corrected chi connectivity index (χ3v) is 4.93. The van der Waals surface area contributed by atoms with Crippen LogP contribution in [0.2, 0.25) is 0 Å². The Bertz CT molecular complexity index is 1180. The Labute approximate surface area is 191 Å². The van der Waals surface area contributed by atoms with Gasteiger partial charge in [-0.1, -0.05) is 47.6 Å². The highest BCUT2D eigenvalue weighted by Crippen LogP contribution is 2.32. The van der Waals surface area contributed by atoms with Crippen LogP contribution in [-0.4, -0.2) is 30.9 Å². The van der Waals surface area contributed by atoms with Gasteiger partial charge in [-0.15, -0.1) is 0 Å². The van der Waals surface area contributed by atoms with E-state index in [1.165, 1.54) is 0 Å². The zero-order chi connectivity index (χ0) is 23.0. The summed E-state index contributed by atoms with van der Waals surface area (Å²) in [6, 6.07) is 21.8. The van der Waals surface area contributed by atoms with Gasteiger partial charge in [-0.3, -0.25) is 9.59 Å². The first kappa shape index (κ1) is 21.9. The molecule has 0 atom stereocenters. The molecule has 0 radical (unpaired) electrons. The SMILES string of the molecule is C/C(=N\OCC(=O)Nc1ccccc1C(=O)NCc1ccccc1)c1ccc2c(c1)OCO2. The first-order valence-electron chi connectivity index (χ1n) is 10.4. The summed E-state index contributed by atoms with van der Waals surface area (Å²) in [7, 11) is 0. The number of amides is 2. The topological polar surface area (TPSA) is 98.2 Å². The van der Waals surface area contributed by atoms with Gasteiger partial charge in [-0.25, -0.2) is 0 Å². The van der Waals surface area contributed by atoms with Gasteiger partial charge in [0.1, 0.15) is 0 Å². The average molecular weight is 445 g/mol. The maximum atomic E-state index is 12.6. The summed E-state index contributed by atoms with van der Waals surface area (Å²) < 4.78 is 10.6. The molecule has 2 amide bonds. The second-order valence-corrected chi connectivity index (χ2v) is 7.28. The number of anilines is 1.